The van der Waals surface area contributed by atoms with Crippen molar-refractivity contribution in [1.82, 2.24) is 0 Å². The van der Waals surface area contributed by atoms with Gasteiger partial charge in [0.25, 0.3) is 5.91 Å². The fraction of sp³-hybridized carbons (Fsp3) is 0.235. The van der Waals surface area contributed by atoms with Gasteiger partial charge in [-0.3, -0.25) is 4.79 Å². The average Bonchev–Trinajstić information content (AvgIpc) is 2.49. The maximum absolute atomic E-state index is 12.3. The average molecular weight is 288 g/mol. The first-order valence-electron chi connectivity index (χ1n) is 6.70. The molecule has 1 amide bonds. The number of hydrogen-bond donors (Lipinski definition) is 1. The number of amides is 1. The predicted molar refractivity (Wildman–Crippen MR) is 84.5 cm³/mol. The summed E-state index contributed by atoms with van der Waals surface area (Å²) in [6.07, 6.45) is 0.891. The van der Waals surface area contributed by atoms with Gasteiger partial charge in [0.05, 0.1) is 0 Å². The summed E-state index contributed by atoms with van der Waals surface area (Å²) in [7, 11) is 0. The van der Waals surface area contributed by atoms with Crippen molar-refractivity contribution < 1.29 is 4.79 Å². The van der Waals surface area contributed by atoms with Gasteiger partial charge in [-0.2, -0.15) is 0 Å². The van der Waals surface area contributed by atoms with Crippen LogP contribution >= 0.6 is 11.6 Å². The minimum atomic E-state index is -0.0878. The number of hydrogen-bond acceptors (Lipinski definition) is 1. The van der Waals surface area contributed by atoms with E-state index in [9.17, 15) is 4.79 Å². The second kappa shape index (κ2) is 6.58. The second-order valence-electron chi connectivity index (χ2n) is 4.75. The van der Waals surface area contributed by atoms with E-state index in [-0.39, 0.29) is 5.91 Å². The van der Waals surface area contributed by atoms with Gasteiger partial charge in [-0.1, -0.05) is 37.3 Å². The van der Waals surface area contributed by atoms with Crippen molar-refractivity contribution in [2.24, 2.45) is 0 Å². The van der Waals surface area contributed by atoms with E-state index in [1.54, 1.807) is 12.1 Å². The van der Waals surface area contributed by atoms with E-state index >= 15 is 0 Å². The first-order chi connectivity index (χ1) is 9.65. The molecule has 0 saturated carbocycles. The van der Waals surface area contributed by atoms with Crippen LogP contribution in [0, 0.1) is 6.92 Å². The number of aryl methyl sites for hydroxylation is 2. The smallest absolute Gasteiger partial charge is 0.255 e. The van der Waals surface area contributed by atoms with Gasteiger partial charge in [0.2, 0.25) is 0 Å². The Morgan fingerprint density at radius 2 is 1.85 bits per heavy atom. The van der Waals surface area contributed by atoms with Crippen LogP contribution < -0.4 is 5.32 Å². The molecule has 0 atom stereocenters. The molecule has 20 heavy (non-hydrogen) atoms. The maximum Gasteiger partial charge on any atom is 0.255 e. The van der Waals surface area contributed by atoms with E-state index in [2.05, 4.69) is 12.2 Å². The molecule has 0 saturated heterocycles. The van der Waals surface area contributed by atoms with Gasteiger partial charge in [0.15, 0.2) is 0 Å². The molecule has 2 nitrogen and oxygen atoms in total. The van der Waals surface area contributed by atoms with Crippen molar-refractivity contribution in [3.8, 4) is 0 Å². The molecule has 0 unspecified atom stereocenters. The lowest BCUT2D eigenvalue weighted by Crippen LogP contribution is -2.14. The summed E-state index contributed by atoms with van der Waals surface area (Å²) in [6.45, 7) is 4.09. The summed E-state index contributed by atoms with van der Waals surface area (Å²) >= 11 is 5.75. The Morgan fingerprint density at radius 1 is 1.15 bits per heavy atom. The van der Waals surface area contributed by atoms with Crippen LogP contribution in [-0.4, -0.2) is 5.91 Å². The number of carbonyl (C=O) groups excluding carboxylic acids is 1. The Balaban J connectivity index is 2.23. The molecular formula is C17H18ClNO. The molecule has 2 aromatic carbocycles. The number of benzene rings is 2. The zero-order valence-corrected chi connectivity index (χ0v) is 12.5. The van der Waals surface area contributed by atoms with Gasteiger partial charge in [0, 0.05) is 17.1 Å². The number of para-hydroxylation sites is 1. The van der Waals surface area contributed by atoms with Crippen LogP contribution in [0.1, 0.15) is 34.0 Å². The third-order valence-electron chi connectivity index (χ3n) is 3.35. The minimum absolute atomic E-state index is 0.0878. The van der Waals surface area contributed by atoms with Crippen LogP contribution in [0.3, 0.4) is 0 Å². The molecule has 0 heterocycles. The van der Waals surface area contributed by atoms with Crippen molar-refractivity contribution in [2.45, 2.75) is 26.1 Å². The molecular weight excluding hydrogens is 270 g/mol. The lowest BCUT2D eigenvalue weighted by atomic mass is 10.1. The Bertz CT molecular complexity index is 605. The third-order valence-corrected chi connectivity index (χ3v) is 3.66. The van der Waals surface area contributed by atoms with Gasteiger partial charge in [-0.15, -0.1) is 11.6 Å². The van der Waals surface area contributed by atoms with Crippen LogP contribution in [0.2, 0.25) is 0 Å². The topological polar surface area (TPSA) is 29.1 Å². The molecule has 2 aromatic rings. The van der Waals surface area contributed by atoms with Crippen molar-refractivity contribution in [3.05, 3.63) is 64.7 Å². The number of carbonyl (C=O) groups is 1. The van der Waals surface area contributed by atoms with E-state index in [1.807, 2.05) is 37.3 Å². The van der Waals surface area contributed by atoms with Gasteiger partial charge in [-0.05, 0) is 42.2 Å². The van der Waals surface area contributed by atoms with Crippen LogP contribution in [0.5, 0.6) is 0 Å². The first-order valence-corrected chi connectivity index (χ1v) is 7.24. The number of rotatable bonds is 4. The van der Waals surface area contributed by atoms with Crippen LogP contribution in [0.4, 0.5) is 5.69 Å². The highest BCUT2D eigenvalue weighted by molar-refractivity contribution is 6.17. The van der Waals surface area contributed by atoms with E-state index < -0.39 is 0 Å². The minimum Gasteiger partial charge on any atom is -0.321 e. The van der Waals surface area contributed by atoms with Crippen LogP contribution in [0.15, 0.2) is 42.5 Å². The maximum atomic E-state index is 12.3. The molecule has 0 aliphatic carbocycles. The Kier molecular flexibility index (Phi) is 4.80. The summed E-state index contributed by atoms with van der Waals surface area (Å²) in [4.78, 5) is 12.3. The second-order valence-corrected chi connectivity index (χ2v) is 5.01. The molecule has 0 aromatic heterocycles. The van der Waals surface area contributed by atoms with Crippen LogP contribution in [-0.2, 0) is 12.3 Å². The largest absolute Gasteiger partial charge is 0.321 e. The monoisotopic (exact) mass is 287 g/mol. The zero-order valence-electron chi connectivity index (χ0n) is 11.7. The van der Waals surface area contributed by atoms with Crippen molar-refractivity contribution in [3.63, 3.8) is 0 Å². The van der Waals surface area contributed by atoms with E-state index in [1.165, 1.54) is 0 Å². The molecule has 0 fully saturated rings. The molecule has 3 heteroatoms. The molecule has 0 aliphatic heterocycles. The van der Waals surface area contributed by atoms with Crippen molar-refractivity contribution in [1.29, 1.82) is 0 Å². The lowest BCUT2D eigenvalue weighted by Gasteiger charge is -2.13. The molecule has 1 N–H and O–H groups in total. The summed E-state index contributed by atoms with van der Waals surface area (Å²) < 4.78 is 0. The summed E-state index contributed by atoms with van der Waals surface area (Å²) in [5.74, 6) is 0.370. The fourth-order valence-corrected chi connectivity index (χ4v) is 2.31. The zero-order chi connectivity index (χ0) is 14.5. The Hall–Kier alpha value is -1.80. The lowest BCUT2D eigenvalue weighted by molar-refractivity contribution is 0.102. The van der Waals surface area contributed by atoms with Gasteiger partial charge < -0.3 is 5.32 Å². The molecule has 0 bridgehead atoms. The number of anilines is 1. The normalized spacial score (nSPS) is 10.3. The number of alkyl halides is 1. The summed E-state index contributed by atoms with van der Waals surface area (Å²) in [5.41, 5.74) is 4.80. The summed E-state index contributed by atoms with van der Waals surface area (Å²) in [5, 5.41) is 3.01. The SMILES string of the molecule is CCc1cccc(C)c1NC(=O)c1ccc(CCl)cc1. The van der Waals surface area contributed by atoms with E-state index in [0.29, 0.717) is 11.4 Å². The Morgan fingerprint density at radius 3 is 2.45 bits per heavy atom. The van der Waals surface area contributed by atoms with Gasteiger partial charge in [-0.25, -0.2) is 0 Å². The highest BCUT2D eigenvalue weighted by Crippen LogP contribution is 2.22. The molecule has 2 rings (SSSR count). The quantitative estimate of drug-likeness (QED) is 0.821. The molecule has 0 aliphatic rings. The highest BCUT2D eigenvalue weighted by Gasteiger charge is 2.10. The van der Waals surface area contributed by atoms with Crippen molar-refractivity contribution in [2.75, 3.05) is 5.32 Å². The third kappa shape index (κ3) is 3.20. The van der Waals surface area contributed by atoms with Crippen LogP contribution in [0.25, 0.3) is 0 Å². The van der Waals surface area contributed by atoms with E-state index in [0.717, 1.165) is 28.8 Å². The number of halogens is 1. The molecule has 104 valence electrons. The van der Waals surface area contributed by atoms with Gasteiger partial charge >= 0.3 is 0 Å². The van der Waals surface area contributed by atoms with Gasteiger partial charge in [0.1, 0.15) is 0 Å². The van der Waals surface area contributed by atoms with Crippen molar-refractivity contribution >= 4 is 23.2 Å². The fourth-order valence-electron chi connectivity index (χ4n) is 2.13. The van der Waals surface area contributed by atoms with E-state index in [4.69, 9.17) is 11.6 Å². The summed E-state index contributed by atoms with van der Waals surface area (Å²) in [6, 6.07) is 13.4. The first kappa shape index (κ1) is 14.6. The predicted octanol–water partition coefficient (Wildman–Crippen LogP) is 4.55. The highest BCUT2D eigenvalue weighted by atomic mass is 35.5. The number of nitrogens with one attached hydrogen (secondary N) is 1. The molecule has 0 radical (unpaired) electrons. The molecule has 0 spiro atoms. The Labute approximate surface area is 124 Å². The standard InChI is InChI=1S/C17H18ClNO/c1-3-14-6-4-5-12(2)16(14)19-17(20)15-9-7-13(11-18)8-10-15/h4-10H,3,11H2,1-2H3,(H,19,20).